The van der Waals surface area contributed by atoms with Gasteiger partial charge < -0.3 is 5.32 Å². The van der Waals surface area contributed by atoms with Gasteiger partial charge in [0, 0.05) is 6.42 Å². The molecule has 1 aliphatic carbocycles. The van der Waals surface area contributed by atoms with Gasteiger partial charge in [0.2, 0.25) is 5.91 Å². The van der Waals surface area contributed by atoms with Crippen molar-refractivity contribution in [2.75, 3.05) is 0 Å². The summed E-state index contributed by atoms with van der Waals surface area (Å²) < 4.78 is 39.5. The summed E-state index contributed by atoms with van der Waals surface area (Å²) in [5.41, 5.74) is -0.153. The minimum atomic E-state index is -4.84. The molecular weight excluding hydrogens is 371 g/mol. The number of nitrogens with zero attached hydrogens (tertiary/aromatic N) is 1. The molecule has 1 saturated carbocycles. The largest absolute Gasteiger partial charge is 0.435 e. The number of carbonyl (C=O) groups excluding carboxylic acids is 2. The van der Waals surface area contributed by atoms with Crippen LogP contribution in [0.15, 0.2) is 0 Å². The molecular formula is C16H22F3N3O3S. The Morgan fingerprint density at radius 3 is 2.42 bits per heavy atom. The molecule has 0 aliphatic heterocycles. The molecule has 0 spiro atoms. The van der Waals surface area contributed by atoms with Crippen molar-refractivity contribution in [3.05, 3.63) is 15.6 Å². The van der Waals surface area contributed by atoms with Gasteiger partial charge in [-0.2, -0.15) is 13.2 Å². The van der Waals surface area contributed by atoms with Crippen molar-refractivity contribution in [2.45, 2.75) is 58.2 Å². The van der Waals surface area contributed by atoms with Crippen LogP contribution in [-0.2, 0) is 11.0 Å². The lowest BCUT2D eigenvalue weighted by Crippen LogP contribution is -2.32. The molecule has 3 N–H and O–H groups in total. The van der Waals surface area contributed by atoms with Crippen molar-refractivity contribution >= 4 is 23.2 Å². The van der Waals surface area contributed by atoms with Crippen LogP contribution in [0.1, 0.15) is 72.4 Å². The molecule has 1 aliphatic rings. The molecule has 1 aromatic rings. The second-order valence-corrected chi connectivity index (χ2v) is 7.84. The minimum Gasteiger partial charge on any atom is -0.347 e. The van der Waals surface area contributed by atoms with Gasteiger partial charge in [0.25, 0.3) is 5.91 Å². The second kappa shape index (κ2) is 8.34. The Bertz CT molecular complexity index is 655. The Morgan fingerprint density at radius 2 is 1.92 bits per heavy atom. The van der Waals surface area contributed by atoms with Crippen LogP contribution >= 0.6 is 11.3 Å². The van der Waals surface area contributed by atoms with Gasteiger partial charge in [0.05, 0.1) is 6.04 Å². The van der Waals surface area contributed by atoms with Crippen molar-refractivity contribution in [2.24, 2.45) is 11.8 Å². The van der Waals surface area contributed by atoms with Crippen LogP contribution in [-0.4, -0.2) is 22.0 Å². The number of carbonyl (C=O) groups is 2. The minimum absolute atomic E-state index is 0.00861. The Balaban J connectivity index is 2.24. The first-order chi connectivity index (χ1) is 12.1. The highest BCUT2D eigenvalue weighted by atomic mass is 32.1. The zero-order valence-electron chi connectivity index (χ0n) is 14.5. The Kier molecular flexibility index (Phi) is 6.62. The predicted octanol–water partition coefficient (Wildman–Crippen LogP) is 3.67. The molecule has 6 nitrogen and oxygen atoms in total. The van der Waals surface area contributed by atoms with Gasteiger partial charge >= 0.3 is 6.18 Å². The lowest BCUT2D eigenvalue weighted by molar-refractivity contribution is -0.141. The highest BCUT2D eigenvalue weighted by Crippen LogP contribution is 2.37. The van der Waals surface area contributed by atoms with Gasteiger partial charge in [-0.15, -0.1) is 11.3 Å². The number of amides is 2. The number of halogens is 3. The molecule has 26 heavy (non-hydrogen) atoms. The molecule has 2 amide bonds. The van der Waals surface area contributed by atoms with Crippen LogP contribution in [0.3, 0.4) is 0 Å². The maximum absolute atomic E-state index is 13.2. The third kappa shape index (κ3) is 4.94. The van der Waals surface area contributed by atoms with Crippen molar-refractivity contribution in [3.63, 3.8) is 0 Å². The van der Waals surface area contributed by atoms with Crippen LogP contribution in [0.4, 0.5) is 13.2 Å². The number of hydrogen-bond donors (Lipinski definition) is 3. The van der Waals surface area contributed by atoms with Gasteiger partial charge in [-0.05, 0) is 24.7 Å². The average Bonchev–Trinajstić information content (AvgIpc) is 3.20. The van der Waals surface area contributed by atoms with Crippen molar-refractivity contribution in [1.82, 2.24) is 15.8 Å². The fourth-order valence-electron chi connectivity index (χ4n) is 3.09. The molecule has 146 valence electrons. The van der Waals surface area contributed by atoms with E-state index in [0.29, 0.717) is 23.7 Å². The number of aromatic nitrogens is 1. The first-order valence-corrected chi connectivity index (χ1v) is 9.26. The molecule has 2 rings (SSSR count). The summed E-state index contributed by atoms with van der Waals surface area (Å²) in [7, 11) is 0. The summed E-state index contributed by atoms with van der Waals surface area (Å²) in [6, 6.07) is -0.741. The van der Waals surface area contributed by atoms with E-state index in [9.17, 15) is 22.8 Å². The number of nitrogens with one attached hydrogen (secondary N) is 2. The topological polar surface area (TPSA) is 91.3 Å². The summed E-state index contributed by atoms with van der Waals surface area (Å²) >= 11 is 0.522. The van der Waals surface area contributed by atoms with Crippen LogP contribution in [0, 0.1) is 11.8 Å². The molecule has 1 heterocycles. The van der Waals surface area contributed by atoms with Crippen molar-refractivity contribution in [1.29, 1.82) is 0 Å². The maximum atomic E-state index is 13.2. The van der Waals surface area contributed by atoms with E-state index < -0.39 is 28.7 Å². The van der Waals surface area contributed by atoms with Crippen LogP contribution in [0.5, 0.6) is 0 Å². The zero-order valence-corrected chi connectivity index (χ0v) is 15.3. The van der Waals surface area contributed by atoms with Gasteiger partial charge in [-0.3, -0.25) is 14.8 Å². The molecule has 10 heteroatoms. The van der Waals surface area contributed by atoms with E-state index in [1.807, 2.05) is 0 Å². The lowest BCUT2D eigenvalue weighted by atomic mass is 10.0. The van der Waals surface area contributed by atoms with Crippen molar-refractivity contribution < 1.29 is 28.0 Å². The van der Waals surface area contributed by atoms with E-state index in [0.717, 1.165) is 25.7 Å². The Morgan fingerprint density at radius 1 is 1.31 bits per heavy atom. The van der Waals surface area contributed by atoms with E-state index in [1.54, 1.807) is 13.8 Å². The molecule has 0 unspecified atom stereocenters. The molecule has 0 bridgehead atoms. The first kappa shape index (κ1) is 20.6. The standard InChI is InChI=1S/C16H22F3N3O3S/c1-8(2)11(20-10(23)7-9-5-3-4-6-9)15-21-13(16(17,18)19)12(26-15)14(24)22-25/h8-9,11,25H,3-7H2,1-2H3,(H,20,23)(H,22,24)/t11-/m0/s1. The van der Waals surface area contributed by atoms with E-state index in [1.165, 1.54) is 5.48 Å². The number of rotatable bonds is 6. The predicted molar refractivity (Wildman–Crippen MR) is 88.7 cm³/mol. The van der Waals surface area contributed by atoms with Gasteiger partial charge in [0.1, 0.15) is 9.88 Å². The van der Waals surface area contributed by atoms with Gasteiger partial charge in [0.15, 0.2) is 5.69 Å². The van der Waals surface area contributed by atoms with Crippen LogP contribution < -0.4 is 10.8 Å². The Hall–Kier alpha value is -1.68. The SMILES string of the molecule is CC(C)[C@H](NC(=O)CC1CCCC1)c1nc(C(F)(F)F)c(C(=O)NO)s1. The molecule has 1 fully saturated rings. The molecule has 1 atom stereocenters. The monoisotopic (exact) mass is 393 g/mol. The first-order valence-electron chi connectivity index (χ1n) is 8.45. The second-order valence-electron chi connectivity index (χ2n) is 6.81. The van der Waals surface area contributed by atoms with E-state index in [4.69, 9.17) is 5.21 Å². The fraction of sp³-hybridized carbons (Fsp3) is 0.688. The van der Waals surface area contributed by atoms with E-state index >= 15 is 0 Å². The normalized spacial score (nSPS) is 16.7. The maximum Gasteiger partial charge on any atom is 0.435 e. The highest BCUT2D eigenvalue weighted by Gasteiger charge is 2.41. The Labute approximate surface area is 153 Å². The lowest BCUT2D eigenvalue weighted by Gasteiger charge is -2.21. The summed E-state index contributed by atoms with van der Waals surface area (Å²) in [5.74, 6) is -1.42. The van der Waals surface area contributed by atoms with E-state index in [2.05, 4.69) is 10.3 Å². The zero-order chi connectivity index (χ0) is 19.5. The average molecular weight is 393 g/mol. The summed E-state index contributed by atoms with van der Waals surface area (Å²) in [4.78, 5) is 26.7. The fourth-order valence-corrected chi connectivity index (χ4v) is 4.29. The van der Waals surface area contributed by atoms with Crippen LogP contribution in [0.25, 0.3) is 0 Å². The molecule has 0 radical (unpaired) electrons. The smallest absolute Gasteiger partial charge is 0.347 e. The quantitative estimate of drug-likeness (QED) is 0.508. The van der Waals surface area contributed by atoms with Crippen LogP contribution in [0.2, 0.25) is 0 Å². The third-order valence-electron chi connectivity index (χ3n) is 4.42. The highest BCUT2D eigenvalue weighted by molar-refractivity contribution is 7.13. The number of hydrogen-bond acceptors (Lipinski definition) is 5. The number of alkyl halides is 3. The molecule has 0 saturated heterocycles. The third-order valence-corrected chi connectivity index (χ3v) is 5.56. The van der Waals surface area contributed by atoms with Gasteiger partial charge in [-0.25, -0.2) is 10.5 Å². The van der Waals surface area contributed by atoms with Crippen molar-refractivity contribution in [3.8, 4) is 0 Å². The van der Waals surface area contributed by atoms with E-state index in [-0.39, 0.29) is 16.8 Å². The number of thiazole rings is 1. The molecule has 0 aromatic carbocycles. The summed E-state index contributed by atoms with van der Waals surface area (Å²) in [6.45, 7) is 3.50. The van der Waals surface area contributed by atoms with Gasteiger partial charge in [-0.1, -0.05) is 26.7 Å². The summed E-state index contributed by atoms with van der Waals surface area (Å²) in [5, 5.41) is 11.4. The summed E-state index contributed by atoms with van der Waals surface area (Å²) in [6.07, 6.45) is -0.359. The number of hydroxylamine groups is 1. The molecule has 1 aromatic heterocycles.